The van der Waals surface area contributed by atoms with Gasteiger partial charge in [0.25, 0.3) is 11.8 Å². The van der Waals surface area contributed by atoms with Crippen LogP contribution in [0.1, 0.15) is 85.2 Å². The molecule has 3 aliphatic rings. The maximum absolute atomic E-state index is 12.5. The van der Waals surface area contributed by atoms with Gasteiger partial charge in [-0.25, -0.2) is 9.79 Å². The molecule has 2 N–H and O–H groups in total. The smallest absolute Gasteiger partial charge is 0.407 e. The number of rotatable bonds is 7. The Kier molecular flexibility index (Phi) is 9.19. The number of nitrogens with one attached hydrogen (secondary N) is 2. The summed E-state index contributed by atoms with van der Waals surface area (Å²) in [5.74, 6) is 0.0114. The van der Waals surface area contributed by atoms with E-state index in [4.69, 9.17) is 19.3 Å². The summed E-state index contributed by atoms with van der Waals surface area (Å²) in [6, 6.07) is 12.4. The Bertz CT molecular complexity index is 1420. The summed E-state index contributed by atoms with van der Waals surface area (Å²) in [6.07, 6.45) is 2.71. The van der Waals surface area contributed by atoms with Crippen molar-refractivity contribution in [3.63, 3.8) is 0 Å². The molecule has 12 heteroatoms. The molecule has 12 nitrogen and oxygen atoms in total. The minimum atomic E-state index is -0.544. The predicted molar refractivity (Wildman–Crippen MR) is 161 cm³/mol. The van der Waals surface area contributed by atoms with E-state index in [9.17, 15) is 19.2 Å². The zero-order valence-corrected chi connectivity index (χ0v) is 25.6. The molecule has 0 spiro atoms. The number of carbonyl (C=O) groups is 4. The monoisotopic (exact) mass is 605 g/mol. The van der Waals surface area contributed by atoms with Crippen molar-refractivity contribution < 1.29 is 33.5 Å². The van der Waals surface area contributed by atoms with Crippen molar-refractivity contribution in [2.45, 2.75) is 84.2 Å². The van der Waals surface area contributed by atoms with Crippen molar-refractivity contribution in [2.24, 2.45) is 4.99 Å². The van der Waals surface area contributed by atoms with Gasteiger partial charge in [-0.1, -0.05) is 18.2 Å². The molecule has 0 saturated heterocycles. The van der Waals surface area contributed by atoms with Crippen LogP contribution in [0, 0.1) is 0 Å². The lowest BCUT2D eigenvalue weighted by atomic mass is 9.91. The minimum Gasteiger partial charge on any atom is -0.491 e. The molecular formula is C32H39N5O7. The van der Waals surface area contributed by atoms with Crippen LogP contribution >= 0.6 is 0 Å². The number of nitrogens with zero attached hydrogens (tertiary/aromatic N) is 3. The van der Waals surface area contributed by atoms with Gasteiger partial charge in [0.1, 0.15) is 24.6 Å². The zero-order chi connectivity index (χ0) is 31.4. The number of benzene rings is 2. The number of ether oxygens (including phenoxy) is 2. The van der Waals surface area contributed by atoms with Gasteiger partial charge in [0.2, 0.25) is 11.9 Å². The van der Waals surface area contributed by atoms with Crippen LogP contribution in [0.2, 0.25) is 0 Å². The van der Waals surface area contributed by atoms with Gasteiger partial charge in [0.05, 0.1) is 17.2 Å². The first-order chi connectivity index (χ1) is 21.0. The standard InChI is InChI=1S/C32H39N5O7/c1-20(38)33-30(34-23-10-12-24(13-11-23)35-31(41)44-32(2,3)4)36-18-21-9-14-25(17-22(21)19-36)42-15-16-43-37-28(39)26-7-5-6-8-27(26)29(37)40/h5-9,14,17,23-24H,10-13,15-16,18-19H2,1-4H3,(H,35,41)(H,33,34,38). The van der Waals surface area contributed by atoms with E-state index in [2.05, 4.69) is 10.6 Å². The maximum atomic E-state index is 12.5. The van der Waals surface area contributed by atoms with Crippen molar-refractivity contribution in [1.82, 2.24) is 20.6 Å². The molecule has 0 atom stereocenters. The molecule has 2 aromatic rings. The quantitative estimate of drug-likeness (QED) is 0.210. The van der Waals surface area contributed by atoms with Crippen LogP contribution < -0.4 is 15.4 Å². The van der Waals surface area contributed by atoms with Crippen molar-refractivity contribution >= 4 is 29.8 Å². The van der Waals surface area contributed by atoms with Crippen LogP contribution in [0.15, 0.2) is 47.5 Å². The number of alkyl carbamates (subject to hydrolysis) is 1. The molecule has 234 valence electrons. The van der Waals surface area contributed by atoms with E-state index >= 15 is 0 Å². The van der Waals surface area contributed by atoms with Gasteiger partial charge in [0, 0.05) is 26.1 Å². The molecule has 1 aliphatic carbocycles. The molecule has 2 heterocycles. The highest BCUT2D eigenvalue weighted by molar-refractivity contribution is 6.20. The Balaban J connectivity index is 1.12. The average molecular weight is 606 g/mol. The van der Waals surface area contributed by atoms with Crippen LogP contribution in [0.5, 0.6) is 5.75 Å². The zero-order valence-electron chi connectivity index (χ0n) is 25.6. The minimum absolute atomic E-state index is 0.0174. The Hall–Kier alpha value is -4.45. The summed E-state index contributed by atoms with van der Waals surface area (Å²) < 4.78 is 11.2. The highest BCUT2D eigenvalue weighted by Gasteiger charge is 2.36. The first-order valence-corrected chi connectivity index (χ1v) is 14.9. The van der Waals surface area contributed by atoms with Crippen LogP contribution in [0.3, 0.4) is 0 Å². The first-order valence-electron chi connectivity index (χ1n) is 14.9. The highest BCUT2D eigenvalue weighted by Crippen LogP contribution is 2.29. The third kappa shape index (κ3) is 7.54. The summed E-state index contributed by atoms with van der Waals surface area (Å²) in [7, 11) is 0. The number of guanidine groups is 1. The number of hydrogen-bond donors (Lipinski definition) is 2. The van der Waals surface area contributed by atoms with Crippen LogP contribution in [0.4, 0.5) is 4.79 Å². The van der Waals surface area contributed by atoms with E-state index in [1.165, 1.54) is 6.92 Å². The molecular weight excluding hydrogens is 566 g/mol. The van der Waals surface area contributed by atoms with Gasteiger partial charge in [-0.15, -0.1) is 5.06 Å². The second kappa shape index (κ2) is 13.0. The lowest BCUT2D eigenvalue weighted by Gasteiger charge is -2.30. The molecule has 0 unspecified atom stereocenters. The molecule has 1 fully saturated rings. The Morgan fingerprint density at radius 3 is 2.23 bits per heavy atom. The number of amides is 4. The summed E-state index contributed by atoms with van der Waals surface area (Å²) in [6.45, 7) is 8.28. The van der Waals surface area contributed by atoms with E-state index in [0.29, 0.717) is 35.9 Å². The van der Waals surface area contributed by atoms with Gasteiger partial charge in [0.15, 0.2) is 0 Å². The van der Waals surface area contributed by atoms with Gasteiger partial charge in [-0.2, -0.15) is 0 Å². The Labute approximate surface area is 256 Å². The van der Waals surface area contributed by atoms with E-state index in [-0.39, 0.29) is 31.2 Å². The van der Waals surface area contributed by atoms with E-state index in [1.54, 1.807) is 24.3 Å². The SMILES string of the molecule is CC(=O)NC(=NC1CCC(NC(=O)OC(C)(C)C)CC1)N1Cc2ccc(OCCON3C(=O)c4ccccc4C3=O)cc2C1. The summed E-state index contributed by atoms with van der Waals surface area (Å²) in [5, 5.41) is 6.64. The fourth-order valence-corrected chi connectivity index (χ4v) is 5.53. The number of hydroxylamine groups is 2. The summed E-state index contributed by atoms with van der Waals surface area (Å²) >= 11 is 0. The molecule has 1 saturated carbocycles. The molecule has 5 rings (SSSR count). The predicted octanol–water partition coefficient (Wildman–Crippen LogP) is 3.94. The lowest BCUT2D eigenvalue weighted by molar-refractivity contribution is -0.117. The van der Waals surface area contributed by atoms with E-state index in [0.717, 1.165) is 41.9 Å². The first kappa shape index (κ1) is 31.0. The maximum Gasteiger partial charge on any atom is 0.407 e. The topological polar surface area (TPSA) is 139 Å². The summed E-state index contributed by atoms with van der Waals surface area (Å²) in [4.78, 5) is 61.5. The van der Waals surface area contributed by atoms with Crippen molar-refractivity contribution in [3.05, 3.63) is 64.7 Å². The third-order valence-corrected chi connectivity index (χ3v) is 7.54. The number of imide groups is 1. The summed E-state index contributed by atoms with van der Waals surface area (Å²) in [5.41, 5.74) is 2.26. The third-order valence-electron chi connectivity index (χ3n) is 7.54. The second-order valence-corrected chi connectivity index (χ2v) is 12.2. The van der Waals surface area contributed by atoms with Crippen molar-refractivity contribution in [1.29, 1.82) is 0 Å². The molecule has 0 aromatic heterocycles. The second-order valence-electron chi connectivity index (χ2n) is 12.2. The van der Waals surface area contributed by atoms with Gasteiger partial charge >= 0.3 is 6.09 Å². The average Bonchev–Trinajstić information content (AvgIpc) is 3.49. The van der Waals surface area contributed by atoms with E-state index < -0.39 is 23.5 Å². The molecule has 2 aromatic carbocycles. The van der Waals surface area contributed by atoms with Crippen LogP contribution in [-0.4, -0.2) is 70.6 Å². The molecule has 4 amide bonds. The molecule has 2 aliphatic heterocycles. The van der Waals surface area contributed by atoms with E-state index in [1.807, 2.05) is 43.9 Å². The number of carbonyl (C=O) groups excluding carboxylic acids is 4. The number of hydrogen-bond acceptors (Lipinski definition) is 8. The normalized spacial score (nSPS) is 19.9. The number of aliphatic imine (C=N–C) groups is 1. The fourth-order valence-electron chi connectivity index (χ4n) is 5.53. The lowest BCUT2D eigenvalue weighted by Crippen LogP contribution is -2.43. The molecule has 0 radical (unpaired) electrons. The molecule has 0 bridgehead atoms. The fraction of sp³-hybridized carbons (Fsp3) is 0.469. The van der Waals surface area contributed by atoms with Gasteiger partial charge < -0.3 is 19.7 Å². The largest absolute Gasteiger partial charge is 0.491 e. The number of fused-ring (bicyclic) bond motifs is 2. The Morgan fingerprint density at radius 2 is 1.59 bits per heavy atom. The van der Waals surface area contributed by atoms with Crippen LogP contribution in [-0.2, 0) is 27.5 Å². The van der Waals surface area contributed by atoms with Gasteiger partial charge in [-0.3, -0.25) is 24.5 Å². The highest BCUT2D eigenvalue weighted by atomic mass is 16.7. The Morgan fingerprint density at radius 1 is 0.932 bits per heavy atom. The van der Waals surface area contributed by atoms with Crippen LogP contribution in [0.25, 0.3) is 0 Å². The molecule has 44 heavy (non-hydrogen) atoms. The van der Waals surface area contributed by atoms with Gasteiger partial charge in [-0.05, 0) is 81.8 Å². The van der Waals surface area contributed by atoms with Crippen molar-refractivity contribution in [2.75, 3.05) is 13.2 Å². The van der Waals surface area contributed by atoms with Crippen molar-refractivity contribution in [3.8, 4) is 5.75 Å².